The summed E-state index contributed by atoms with van der Waals surface area (Å²) in [6, 6.07) is 11.8. The van der Waals surface area contributed by atoms with E-state index in [9.17, 15) is 14.7 Å². The smallest absolute Gasteiger partial charge is 0.335 e. The van der Waals surface area contributed by atoms with Gasteiger partial charge in [-0.05, 0) is 67.9 Å². The molecule has 1 aliphatic carbocycles. The van der Waals surface area contributed by atoms with Crippen LogP contribution in [-0.2, 0) is 11.3 Å². The number of benzene rings is 2. The molecule has 2 fully saturated rings. The van der Waals surface area contributed by atoms with E-state index in [0.29, 0.717) is 31.1 Å². The lowest BCUT2D eigenvalue weighted by molar-refractivity contribution is -0.130. The molecule has 0 radical (unpaired) electrons. The van der Waals surface area contributed by atoms with Crippen LogP contribution in [0.25, 0.3) is 22.2 Å². The lowest BCUT2D eigenvalue weighted by Gasteiger charge is -2.31. The van der Waals surface area contributed by atoms with E-state index in [0.717, 1.165) is 66.7 Å². The fourth-order valence-corrected chi connectivity index (χ4v) is 6.85. The average Bonchev–Trinajstić information content (AvgIpc) is 3.20. The number of ether oxygens (including phenoxy) is 1. The number of nitrogens with zero attached hydrogens (tertiary/aromatic N) is 3. The van der Waals surface area contributed by atoms with E-state index in [1.165, 1.54) is 36.9 Å². The molecule has 1 N–H and O–H groups in total. The Kier molecular flexibility index (Phi) is 8.08. The number of carbonyl (C=O) groups is 2. The molecule has 2 aliphatic heterocycles. The number of piperidine rings is 1. The van der Waals surface area contributed by atoms with Crippen LogP contribution in [0.4, 0.5) is 5.69 Å². The Morgan fingerprint density at radius 3 is 2.38 bits per heavy atom. The third kappa shape index (κ3) is 5.09. The van der Waals surface area contributed by atoms with E-state index in [-0.39, 0.29) is 18.3 Å². The SMILES string of the molecule is COc1ccc2c(c1)N(CC(=O)N1CCCCC1)CCn1c-2c(C2CCCCC2)c2ccc(C(=O)O)cc21.Cl. The number of rotatable bonds is 5. The van der Waals surface area contributed by atoms with E-state index in [1.54, 1.807) is 13.2 Å². The monoisotopic (exact) mass is 551 g/mol. The second-order valence-electron chi connectivity index (χ2n) is 11.0. The van der Waals surface area contributed by atoms with Crippen molar-refractivity contribution in [3.8, 4) is 17.0 Å². The van der Waals surface area contributed by atoms with Crippen molar-refractivity contribution in [1.82, 2.24) is 9.47 Å². The van der Waals surface area contributed by atoms with Crippen LogP contribution in [0.2, 0.25) is 0 Å². The molecule has 3 aliphatic rings. The van der Waals surface area contributed by atoms with Gasteiger partial charge >= 0.3 is 5.97 Å². The molecule has 0 spiro atoms. The molecule has 7 nitrogen and oxygen atoms in total. The third-order valence-corrected chi connectivity index (χ3v) is 8.79. The molecular weight excluding hydrogens is 514 g/mol. The van der Waals surface area contributed by atoms with Crippen molar-refractivity contribution in [2.45, 2.75) is 63.8 Å². The molecule has 8 heteroatoms. The number of carboxylic acids is 1. The Hall–Kier alpha value is -3.19. The van der Waals surface area contributed by atoms with Gasteiger partial charge in [-0.2, -0.15) is 0 Å². The van der Waals surface area contributed by atoms with Gasteiger partial charge in [-0.3, -0.25) is 4.79 Å². The van der Waals surface area contributed by atoms with Crippen LogP contribution in [0.15, 0.2) is 36.4 Å². The highest BCUT2D eigenvalue weighted by Crippen LogP contribution is 2.48. The summed E-state index contributed by atoms with van der Waals surface area (Å²) in [5.74, 6) is 0.482. The highest BCUT2D eigenvalue weighted by molar-refractivity contribution is 6.00. The molecule has 1 saturated heterocycles. The zero-order chi connectivity index (χ0) is 26.2. The Morgan fingerprint density at radius 2 is 1.67 bits per heavy atom. The third-order valence-electron chi connectivity index (χ3n) is 8.79. The molecule has 3 heterocycles. The standard InChI is InChI=1S/C31H37N3O4.ClH/c1-38-23-11-13-25-26(19-23)33(20-28(35)32-14-6-3-7-15-32)16-17-34-27-18-22(31(36)37)10-12-24(27)29(30(25)34)21-8-4-2-5-9-21;/h10-13,18-19,21H,2-9,14-17,20H2,1H3,(H,36,37);1H. The molecule has 1 saturated carbocycles. The van der Waals surface area contributed by atoms with Crippen LogP contribution in [0.3, 0.4) is 0 Å². The molecule has 1 amide bonds. The van der Waals surface area contributed by atoms with Crippen LogP contribution < -0.4 is 9.64 Å². The van der Waals surface area contributed by atoms with Gasteiger partial charge in [0, 0.05) is 48.7 Å². The van der Waals surface area contributed by atoms with Gasteiger partial charge in [-0.25, -0.2) is 4.79 Å². The number of carbonyl (C=O) groups excluding carboxylic acids is 1. The molecule has 6 rings (SSSR count). The van der Waals surface area contributed by atoms with Gasteiger partial charge < -0.3 is 24.2 Å². The van der Waals surface area contributed by atoms with E-state index in [4.69, 9.17) is 4.74 Å². The molecule has 0 unspecified atom stereocenters. The molecule has 0 bridgehead atoms. The van der Waals surface area contributed by atoms with Gasteiger partial charge in [-0.15, -0.1) is 12.4 Å². The highest BCUT2D eigenvalue weighted by atomic mass is 35.5. The Bertz CT molecular complexity index is 1370. The topological polar surface area (TPSA) is 75.0 Å². The van der Waals surface area contributed by atoms with Crippen molar-refractivity contribution < 1.29 is 19.4 Å². The number of anilines is 1. The molecule has 2 aromatic carbocycles. The molecular formula is C31H38ClN3O4. The minimum atomic E-state index is -0.908. The van der Waals surface area contributed by atoms with E-state index in [1.807, 2.05) is 23.1 Å². The first-order chi connectivity index (χ1) is 18.5. The van der Waals surface area contributed by atoms with Crippen molar-refractivity contribution in [2.24, 2.45) is 0 Å². The van der Waals surface area contributed by atoms with Gasteiger partial charge in [0.1, 0.15) is 5.75 Å². The second-order valence-corrected chi connectivity index (χ2v) is 11.0. The fraction of sp³-hybridized carbons (Fsp3) is 0.484. The summed E-state index contributed by atoms with van der Waals surface area (Å²) in [6.07, 6.45) is 9.34. The molecule has 0 atom stereocenters. The Labute approximate surface area is 236 Å². The summed E-state index contributed by atoms with van der Waals surface area (Å²) in [7, 11) is 1.68. The van der Waals surface area contributed by atoms with E-state index < -0.39 is 5.97 Å². The first-order valence-electron chi connectivity index (χ1n) is 14.2. The largest absolute Gasteiger partial charge is 0.497 e. The maximum atomic E-state index is 13.4. The minimum absolute atomic E-state index is 0. The number of methoxy groups -OCH3 is 1. The number of hydrogen-bond acceptors (Lipinski definition) is 4. The Morgan fingerprint density at radius 1 is 0.923 bits per heavy atom. The number of amides is 1. The summed E-state index contributed by atoms with van der Waals surface area (Å²) < 4.78 is 7.95. The molecule has 39 heavy (non-hydrogen) atoms. The summed E-state index contributed by atoms with van der Waals surface area (Å²) in [4.78, 5) is 29.5. The highest BCUT2D eigenvalue weighted by Gasteiger charge is 2.32. The number of aromatic nitrogens is 1. The first kappa shape index (κ1) is 27.4. The summed E-state index contributed by atoms with van der Waals surface area (Å²) in [5, 5.41) is 10.9. The quantitative estimate of drug-likeness (QED) is 0.402. The van der Waals surface area contributed by atoms with Crippen molar-refractivity contribution in [1.29, 1.82) is 0 Å². The molecule has 208 valence electrons. The van der Waals surface area contributed by atoms with Gasteiger partial charge in [0.15, 0.2) is 0 Å². The van der Waals surface area contributed by atoms with Crippen molar-refractivity contribution in [3.63, 3.8) is 0 Å². The van der Waals surface area contributed by atoms with Crippen LogP contribution in [0.5, 0.6) is 5.75 Å². The van der Waals surface area contributed by atoms with Crippen molar-refractivity contribution in [3.05, 3.63) is 47.5 Å². The summed E-state index contributed by atoms with van der Waals surface area (Å²) in [5.41, 5.74) is 5.93. The number of halogens is 1. The van der Waals surface area contributed by atoms with Crippen LogP contribution >= 0.6 is 12.4 Å². The van der Waals surface area contributed by atoms with Crippen LogP contribution in [-0.4, -0.2) is 59.7 Å². The lowest BCUT2D eigenvalue weighted by Crippen LogP contribution is -2.43. The van der Waals surface area contributed by atoms with Crippen LogP contribution in [0.1, 0.15) is 73.2 Å². The number of aromatic carboxylic acids is 1. The predicted octanol–water partition coefficient (Wildman–Crippen LogP) is 6.32. The molecule has 1 aromatic heterocycles. The van der Waals surface area contributed by atoms with Crippen LogP contribution in [0, 0.1) is 0 Å². The normalized spacial score (nSPS) is 17.7. The number of likely N-dealkylation sites (tertiary alicyclic amines) is 1. The average molecular weight is 552 g/mol. The number of hydrogen-bond donors (Lipinski definition) is 1. The maximum absolute atomic E-state index is 13.4. The zero-order valence-corrected chi connectivity index (χ0v) is 23.5. The number of carboxylic acid groups (broad SMARTS) is 1. The van der Waals surface area contributed by atoms with Gasteiger partial charge in [-0.1, -0.05) is 25.3 Å². The second kappa shape index (κ2) is 11.5. The number of fused-ring (bicyclic) bond motifs is 5. The van der Waals surface area contributed by atoms with E-state index >= 15 is 0 Å². The maximum Gasteiger partial charge on any atom is 0.335 e. The van der Waals surface area contributed by atoms with Crippen molar-refractivity contribution >= 4 is 40.9 Å². The van der Waals surface area contributed by atoms with Gasteiger partial charge in [0.2, 0.25) is 5.91 Å². The van der Waals surface area contributed by atoms with E-state index in [2.05, 4.69) is 21.6 Å². The summed E-state index contributed by atoms with van der Waals surface area (Å²) >= 11 is 0. The minimum Gasteiger partial charge on any atom is -0.497 e. The van der Waals surface area contributed by atoms with Crippen molar-refractivity contribution in [2.75, 3.05) is 38.2 Å². The Balaban J connectivity index is 0.00000308. The van der Waals surface area contributed by atoms with Gasteiger partial charge in [0.25, 0.3) is 0 Å². The fourth-order valence-electron chi connectivity index (χ4n) is 6.85. The first-order valence-corrected chi connectivity index (χ1v) is 14.2. The zero-order valence-electron chi connectivity index (χ0n) is 22.7. The van der Waals surface area contributed by atoms with Gasteiger partial charge in [0.05, 0.1) is 30.6 Å². The summed E-state index contributed by atoms with van der Waals surface area (Å²) in [6.45, 7) is 3.37. The predicted molar refractivity (Wildman–Crippen MR) is 157 cm³/mol. The molecule has 3 aromatic rings. The lowest BCUT2D eigenvalue weighted by atomic mass is 9.81.